The van der Waals surface area contributed by atoms with Crippen molar-refractivity contribution in [3.63, 3.8) is 0 Å². The Balaban J connectivity index is 0.00000102. The zero-order chi connectivity index (χ0) is 19.1. The average molecular weight is 370 g/mol. The highest BCUT2D eigenvalue weighted by Gasteiger charge is 2.21. The van der Waals surface area contributed by atoms with Gasteiger partial charge >= 0.3 is 0 Å². The van der Waals surface area contributed by atoms with Gasteiger partial charge in [0.05, 0.1) is 0 Å². The highest BCUT2D eigenvalue weighted by Crippen LogP contribution is 2.21. The fourth-order valence-electron chi connectivity index (χ4n) is 3.42. The number of hydrogen-bond acceptors (Lipinski definition) is 7. The van der Waals surface area contributed by atoms with E-state index in [0.29, 0.717) is 0 Å². The lowest BCUT2D eigenvalue weighted by Gasteiger charge is -2.37. The Bertz CT molecular complexity index is 678. The second-order valence-corrected chi connectivity index (χ2v) is 6.69. The van der Waals surface area contributed by atoms with Gasteiger partial charge in [-0.3, -0.25) is 0 Å². The third kappa shape index (κ3) is 4.86. The molecule has 0 atom stereocenters. The van der Waals surface area contributed by atoms with Crippen LogP contribution in [-0.2, 0) is 0 Å². The van der Waals surface area contributed by atoms with Gasteiger partial charge in [-0.15, -0.1) is 0 Å². The van der Waals surface area contributed by atoms with E-state index in [9.17, 15) is 0 Å². The first kappa shape index (κ1) is 19.4. The molecule has 7 heteroatoms. The van der Waals surface area contributed by atoms with Crippen LogP contribution in [0.1, 0.15) is 13.8 Å². The first-order valence-corrected chi connectivity index (χ1v) is 9.96. The summed E-state index contributed by atoms with van der Waals surface area (Å²) >= 11 is 0. The Morgan fingerprint density at radius 2 is 1.19 bits per heavy atom. The van der Waals surface area contributed by atoms with Crippen LogP contribution in [0, 0.1) is 0 Å². The summed E-state index contributed by atoms with van der Waals surface area (Å²) in [6, 6.07) is 8.22. The molecular weight excluding hydrogens is 338 g/mol. The first-order valence-electron chi connectivity index (χ1n) is 9.96. The van der Waals surface area contributed by atoms with Gasteiger partial charge < -0.3 is 19.6 Å². The number of pyridine rings is 1. The summed E-state index contributed by atoms with van der Waals surface area (Å²) in [6.07, 6.45) is 3.56. The molecule has 2 fully saturated rings. The van der Waals surface area contributed by atoms with Gasteiger partial charge in [-0.2, -0.15) is 0 Å². The molecule has 27 heavy (non-hydrogen) atoms. The number of likely N-dealkylation sites (N-methyl/N-ethyl adjacent to an activating group) is 1. The van der Waals surface area contributed by atoms with E-state index in [1.807, 2.05) is 32.2 Å². The van der Waals surface area contributed by atoms with Crippen LogP contribution in [0.3, 0.4) is 0 Å². The molecule has 146 valence electrons. The molecule has 2 aromatic heterocycles. The van der Waals surface area contributed by atoms with E-state index in [0.717, 1.165) is 69.8 Å². The molecular formula is C20H31N7. The second-order valence-electron chi connectivity index (χ2n) is 6.69. The molecule has 0 radical (unpaired) electrons. The van der Waals surface area contributed by atoms with Crippen LogP contribution >= 0.6 is 0 Å². The first-order chi connectivity index (χ1) is 13.3. The minimum Gasteiger partial charge on any atom is -0.354 e. The normalized spacial score (nSPS) is 18.1. The molecule has 0 amide bonds. The molecule has 0 spiro atoms. The summed E-state index contributed by atoms with van der Waals surface area (Å²) in [5.41, 5.74) is 0. The van der Waals surface area contributed by atoms with Crippen LogP contribution in [0.15, 0.2) is 36.8 Å². The fraction of sp³-hybridized carbons (Fsp3) is 0.550. The maximum absolute atomic E-state index is 4.51. The maximum atomic E-state index is 4.51. The van der Waals surface area contributed by atoms with E-state index in [4.69, 9.17) is 0 Å². The van der Waals surface area contributed by atoms with E-state index in [1.54, 1.807) is 6.33 Å². The van der Waals surface area contributed by atoms with Gasteiger partial charge in [0.15, 0.2) is 0 Å². The van der Waals surface area contributed by atoms with Crippen LogP contribution < -0.4 is 14.7 Å². The Labute approximate surface area is 162 Å². The van der Waals surface area contributed by atoms with Gasteiger partial charge in [-0.05, 0) is 19.2 Å². The van der Waals surface area contributed by atoms with Crippen LogP contribution in [0.2, 0.25) is 0 Å². The monoisotopic (exact) mass is 369 g/mol. The molecule has 2 aromatic rings. The topological polar surface area (TPSA) is 51.6 Å². The van der Waals surface area contributed by atoms with Crippen molar-refractivity contribution in [3.8, 4) is 0 Å². The molecule has 0 N–H and O–H groups in total. The number of aromatic nitrogens is 3. The zero-order valence-corrected chi connectivity index (χ0v) is 16.8. The van der Waals surface area contributed by atoms with Gasteiger partial charge in [-0.1, -0.05) is 19.9 Å². The van der Waals surface area contributed by atoms with E-state index in [1.165, 1.54) is 0 Å². The standard InChI is InChI=1S/C18H25N7.C2H6/c1-22-6-8-24(9-7-22)17-14-18(21-15-20-17)25-12-10-23(11-13-25)16-4-2-3-5-19-16;1-2/h2-5,14-15H,6-13H2,1H3;1-2H3. The van der Waals surface area contributed by atoms with Crippen molar-refractivity contribution < 1.29 is 0 Å². The molecule has 7 nitrogen and oxygen atoms in total. The average Bonchev–Trinajstić information content (AvgIpc) is 2.76. The van der Waals surface area contributed by atoms with Crippen molar-refractivity contribution in [2.45, 2.75) is 13.8 Å². The predicted octanol–water partition coefficient (Wildman–Crippen LogP) is 1.98. The van der Waals surface area contributed by atoms with Crippen LogP contribution in [-0.4, -0.2) is 79.3 Å². The summed E-state index contributed by atoms with van der Waals surface area (Å²) in [4.78, 5) is 22.9. The summed E-state index contributed by atoms with van der Waals surface area (Å²) in [5.74, 6) is 3.14. The quantitative estimate of drug-likeness (QED) is 0.820. The van der Waals surface area contributed by atoms with Crippen molar-refractivity contribution in [1.29, 1.82) is 0 Å². The molecule has 0 unspecified atom stereocenters. The second kappa shape index (κ2) is 9.50. The summed E-state index contributed by atoms with van der Waals surface area (Å²) < 4.78 is 0. The lowest BCUT2D eigenvalue weighted by Crippen LogP contribution is -2.47. The van der Waals surface area contributed by atoms with Crippen molar-refractivity contribution >= 4 is 17.5 Å². The van der Waals surface area contributed by atoms with Gasteiger partial charge in [0.1, 0.15) is 23.8 Å². The number of anilines is 3. The minimum atomic E-state index is 0.954. The lowest BCUT2D eigenvalue weighted by molar-refractivity contribution is 0.312. The molecule has 0 aliphatic carbocycles. The molecule has 0 aromatic carbocycles. The summed E-state index contributed by atoms with van der Waals surface area (Å²) in [6.45, 7) is 12.1. The maximum Gasteiger partial charge on any atom is 0.134 e. The number of hydrogen-bond donors (Lipinski definition) is 0. The van der Waals surface area contributed by atoms with E-state index >= 15 is 0 Å². The number of nitrogens with zero attached hydrogens (tertiary/aromatic N) is 7. The highest BCUT2D eigenvalue weighted by atomic mass is 15.3. The Hall–Kier alpha value is -2.41. The largest absolute Gasteiger partial charge is 0.354 e. The molecule has 2 aliphatic rings. The zero-order valence-electron chi connectivity index (χ0n) is 16.8. The Kier molecular flexibility index (Phi) is 6.81. The number of piperazine rings is 2. The molecule has 4 heterocycles. The Morgan fingerprint density at radius 1 is 0.667 bits per heavy atom. The fourth-order valence-corrected chi connectivity index (χ4v) is 3.42. The van der Waals surface area contributed by atoms with Gasteiger partial charge in [0, 0.05) is 64.6 Å². The van der Waals surface area contributed by atoms with Crippen molar-refractivity contribution in [2.24, 2.45) is 0 Å². The van der Waals surface area contributed by atoms with Crippen LogP contribution in [0.4, 0.5) is 17.5 Å². The SMILES string of the molecule is CC.CN1CCN(c2cc(N3CCN(c4ccccn4)CC3)ncn2)CC1. The number of rotatable bonds is 3. The van der Waals surface area contributed by atoms with E-state index in [2.05, 4.69) is 53.7 Å². The van der Waals surface area contributed by atoms with Crippen LogP contribution in [0.25, 0.3) is 0 Å². The van der Waals surface area contributed by atoms with Crippen molar-refractivity contribution in [3.05, 3.63) is 36.8 Å². The third-order valence-electron chi connectivity index (χ3n) is 5.04. The van der Waals surface area contributed by atoms with Gasteiger partial charge in [-0.25, -0.2) is 15.0 Å². The molecule has 2 saturated heterocycles. The smallest absolute Gasteiger partial charge is 0.134 e. The van der Waals surface area contributed by atoms with Crippen LogP contribution in [0.5, 0.6) is 0 Å². The van der Waals surface area contributed by atoms with Gasteiger partial charge in [0.2, 0.25) is 0 Å². The van der Waals surface area contributed by atoms with Crippen molar-refractivity contribution in [2.75, 3.05) is 74.1 Å². The molecule has 2 aliphatic heterocycles. The summed E-state index contributed by atoms with van der Waals surface area (Å²) in [5, 5.41) is 0. The van der Waals surface area contributed by atoms with E-state index in [-0.39, 0.29) is 0 Å². The predicted molar refractivity (Wildman–Crippen MR) is 112 cm³/mol. The van der Waals surface area contributed by atoms with Gasteiger partial charge in [0.25, 0.3) is 0 Å². The van der Waals surface area contributed by atoms with Crippen molar-refractivity contribution in [1.82, 2.24) is 19.9 Å². The van der Waals surface area contributed by atoms with E-state index < -0.39 is 0 Å². The molecule has 0 bridgehead atoms. The third-order valence-corrected chi connectivity index (χ3v) is 5.04. The molecule has 4 rings (SSSR count). The lowest BCUT2D eigenvalue weighted by atomic mass is 10.3. The highest BCUT2D eigenvalue weighted by molar-refractivity contribution is 5.52. The Morgan fingerprint density at radius 3 is 1.70 bits per heavy atom. The summed E-state index contributed by atoms with van der Waals surface area (Å²) in [7, 11) is 2.17. The minimum absolute atomic E-state index is 0.954. The molecule has 0 saturated carbocycles.